The zero-order valence-electron chi connectivity index (χ0n) is 17.8. The van der Waals surface area contributed by atoms with E-state index in [1.165, 1.54) is 58.3 Å². The van der Waals surface area contributed by atoms with Crippen LogP contribution in [0.1, 0.15) is 37.7 Å². The molecule has 28 heavy (non-hydrogen) atoms. The molecule has 5 nitrogen and oxygen atoms in total. The van der Waals surface area contributed by atoms with Crippen LogP contribution < -0.4 is 5.32 Å². The SMILES string of the molecule is CN=C(NCC1(N2CCCCC2)CCN(C)CC1)N(C)Cc1ccccc1Cl. The maximum absolute atomic E-state index is 6.35. The van der Waals surface area contributed by atoms with Crippen LogP contribution in [0, 0.1) is 0 Å². The number of likely N-dealkylation sites (tertiary alicyclic amines) is 2. The third-order valence-corrected chi connectivity index (χ3v) is 6.83. The maximum atomic E-state index is 6.35. The van der Waals surface area contributed by atoms with E-state index in [-0.39, 0.29) is 5.54 Å². The fourth-order valence-electron chi connectivity index (χ4n) is 4.59. The van der Waals surface area contributed by atoms with Gasteiger partial charge in [-0.25, -0.2) is 0 Å². The molecule has 2 saturated heterocycles. The number of nitrogens with one attached hydrogen (secondary N) is 1. The lowest BCUT2D eigenvalue weighted by atomic mass is 9.84. The number of guanidine groups is 1. The third-order valence-electron chi connectivity index (χ3n) is 6.46. The van der Waals surface area contributed by atoms with E-state index in [9.17, 15) is 0 Å². The Labute approximate surface area is 175 Å². The summed E-state index contributed by atoms with van der Waals surface area (Å²) < 4.78 is 0. The molecule has 0 saturated carbocycles. The van der Waals surface area contributed by atoms with Crippen LogP contribution in [0.3, 0.4) is 0 Å². The molecule has 0 amide bonds. The minimum atomic E-state index is 0.244. The van der Waals surface area contributed by atoms with Gasteiger partial charge >= 0.3 is 0 Å². The van der Waals surface area contributed by atoms with Gasteiger partial charge in [0.1, 0.15) is 0 Å². The summed E-state index contributed by atoms with van der Waals surface area (Å²) in [5.41, 5.74) is 1.37. The van der Waals surface area contributed by atoms with E-state index >= 15 is 0 Å². The van der Waals surface area contributed by atoms with Crippen LogP contribution in [-0.2, 0) is 6.54 Å². The number of benzene rings is 1. The van der Waals surface area contributed by atoms with Crippen molar-refractivity contribution in [3.8, 4) is 0 Å². The lowest BCUT2D eigenvalue weighted by Gasteiger charge is -2.50. The second-order valence-electron chi connectivity index (χ2n) is 8.42. The van der Waals surface area contributed by atoms with E-state index in [2.05, 4.69) is 45.2 Å². The zero-order valence-corrected chi connectivity index (χ0v) is 18.5. The summed E-state index contributed by atoms with van der Waals surface area (Å²) in [6.07, 6.45) is 6.49. The largest absolute Gasteiger partial charge is 0.354 e. The van der Waals surface area contributed by atoms with Gasteiger partial charge in [0.2, 0.25) is 0 Å². The summed E-state index contributed by atoms with van der Waals surface area (Å²) in [5, 5.41) is 4.51. The van der Waals surface area contributed by atoms with Gasteiger partial charge < -0.3 is 15.1 Å². The molecule has 6 heteroatoms. The molecule has 2 heterocycles. The van der Waals surface area contributed by atoms with E-state index in [0.29, 0.717) is 0 Å². The van der Waals surface area contributed by atoms with Gasteiger partial charge in [-0.3, -0.25) is 9.89 Å². The summed E-state index contributed by atoms with van der Waals surface area (Å²) in [5.74, 6) is 0.940. The number of hydrogen-bond acceptors (Lipinski definition) is 3. The predicted molar refractivity (Wildman–Crippen MR) is 119 cm³/mol. The van der Waals surface area contributed by atoms with E-state index in [1.54, 1.807) is 0 Å². The van der Waals surface area contributed by atoms with E-state index < -0.39 is 0 Å². The Morgan fingerprint density at radius 3 is 2.46 bits per heavy atom. The number of rotatable bonds is 5. The minimum absolute atomic E-state index is 0.244. The fourth-order valence-corrected chi connectivity index (χ4v) is 4.79. The molecule has 156 valence electrons. The molecule has 1 N–H and O–H groups in total. The molecular weight excluding hydrogens is 370 g/mol. The van der Waals surface area contributed by atoms with Crippen molar-refractivity contribution in [2.45, 2.75) is 44.2 Å². The molecule has 0 atom stereocenters. The number of aliphatic imine (C=N–C) groups is 1. The van der Waals surface area contributed by atoms with Crippen LogP contribution >= 0.6 is 11.6 Å². The molecule has 2 aliphatic heterocycles. The van der Waals surface area contributed by atoms with Crippen molar-refractivity contribution < 1.29 is 0 Å². The van der Waals surface area contributed by atoms with Crippen molar-refractivity contribution in [3.05, 3.63) is 34.9 Å². The van der Waals surface area contributed by atoms with Crippen LogP contribution in [0.15, 0.2) is 29.3 Å². The molecule has 0 aliphatic carbocycles. The van der Waals surface area contributed by atoms with Crippen molar-refractivity contribution in [2.75, 3.05) is 53.9 Å². The number of nitrogens with zero attached hydrogens (tertiary/aromatic N) is 4. The van der Waals surface area contributed by atoms with E-state index in [1.807, 2.05) is 25.2 Å². The smallest absolute Gasteiger partial charge is 0.193 e. The summed E-state index contributed by atoms with van der Waals surface area (Å²) in [6, 6.07) is 8.04. The summed E-state index contributed by atoms with van der Waals surface area (Å²) in [4.78, 5) is 11.9. The molecule has 3 rings (SSSR count). The third kappa shape index (κ3) is 5.19. The summed E-state index contributed by atoms with van der Waals surface area (Å²) >= 11 is 6.35. The van der Waals surface area contributed by atoms with Crippen LogP contribution in [0.5, 0.6) is 0 Å². The molecule has 2 aliphatic rings. The molecule has 2 fully saturated rings. The second kappa shape index (κ2) is 9.95. The molecule has 0 aromatic heterocycles. The topological polar surface area (TPSA) is 34.1 Å². The highest BCUT2D eigenvalue weighted by Gasteiger charge is 2.39. The monoisotopic (exact) mass is 405 g/mol. The van der Waals surface area contributed by atoms with Gasteiger partial charge in [-0.2, -0.15) is 0 Å². The molecule has 1 aromatic rings. The van der Waals surface area contributed by atoms with Crippen molar-refractivity contribution in [1.29, 1.82) is 0 Å². The molecule has 0 unspecified atom stereocenters. The first-order chi connectivity index (χ1) is 13.5. The van der Waals surface area contributed by atoms with Gasteiger partial charge in [0, 0.05) is 37.7 Å². The Bertz CT molecular complexity index is 648. The van der Waals surface area contributed by atoms with E-state index in [0.717, 1.165) is 29.6 Å². The zero-order chi connectivity index (χ0) is 20.0. The van der Waals surface area contributed by atoms with Gasteiger partial charge in [0.25, 0.3) is 0 Å². The van der Waals surface area contributed by atoms with E-state index in [4.69, 9.17) is 11.6 Å². The Kier molecular flexibility index (Phi) is 7.61. The molecule has 0 radical (unpaired) electrons. The standard InChI is InChI=1S/C22H36ClN5/c1-24-21(27(3)17-19-9-5-6-10-20(19)23)25-18-22(11-15-26(2)16-12-22)28-13-7-4-8-14-28/h5-6,9-10H,4,7-8,11-18H2,1-3H3,(H,24,25). The van der Waals surface area contributed by atoms with Crippen molar-refractivity contribution >= 4 is 17.6 Å². The van der Waals surface area contributed by atoms with Crippen LogP contribution in [0.4, 0.5) is 0 Å². The number of halogens is 1. The van der Waals surface area contributed by atoms with Gasteiger partial charge in [-0.05, 0) is 70.5 Å². The Hall–Kier alpha value is -1.30. The normalized spacial score (nSPS) is 21.5. The van der Waals surface area contributed by atoms with Gasteiger partial charge in [0.05, 0.1) is 0 Å². The van der Waals surface area contributed by atoms with Gasteiger partial charge in [-0.1, -0.05) is 36.2 Å². The molecule has 1 aromatic carbocycles. The predicted octanol–water partition coefficient (Wildman–Crippen LogP) is 3.30. The lowest BCUT2D eigenvalue weighted by Crippen LogP contribution is -2.62. The molecular formula is C22H36ClN5. The number of piperidine rings is 2. The van der Waals surface area contributed by atoms with Crippen molar-refractivity contribution in [3.63, 3.8) is 0 Å². The average molecular weight is 406 g/mol. The summed E-state index contributed by atoms with van der Waals surface area (Å²) in [6.45, 7) is 6.52. The first-order valence-corrected chi connectivity index (χ1v) is 11.0. The Morgan fingerprint density at radius 1 is 1.14 bits per heavy atom. The average Bonchev–Trinajstić information content (AvgIpc) is 2.72. The Balaban J connectivity index is 1.66. The minimum Gasteiger partial charge on any atom is -0.354 e. The Morgan fingerprint density at radius 2 is 1.82 bits per heavy atom. The van der Waals surface area contributed by atoms with Crippen molar-refractivity contribution in [2.24, 2.45) is 4.99 Å². The first-order valence-electron chi connectivity index (χ1n) is 10.6. The quantitative estimate of drug-likeness (QED) is 0.602. The van der Waals surface area contributed by atoms with Gasteiger partial charge in [0.15, 0.2) is 5.96 Å². The van der Waals surface area contributed by atoms with Crippen molar-refractivity contribution in [1.82, 2.24) is 20.0 Å². The highest BCUT2D eigenvalue weighted by molar-refractivity contribution is 6.31. The summed E-state index contributed by atoms with van der Waals surface area (Å²) in [7, 11) is 6.19. The van der Waals surface area contributed by atoms with Gasteiger partial charge in [-0.15, -0.1) is 0 Å². The number of hydrogen-bond donors (Lipinski definition) is 1. The maximum Gasteiger partial charge on any atom is 0.193 e. The first kappa shape index (κ1) is 21.4. The lowest BCUT2D eigenvalue weighted by molar-refractivity contribution is 0.0170. The highest BCUT2D eigenvalue weighted by Crippen LogP contribution is 2.31. The highest BCUT2D eigenvalue weighted by atomic mass is 35.5. The van der Waals surface area contributed by atoms with Crippen LogP contribution in [0.2, 0.25) is 5.02 Å². The molecule has 0 bridgehead atoms. The molecule has 0 spiro atoms. The fraction of sp³-hybridized carbons (Fsp3) is 0.682. The second-order valence-corrected chi connectivity index (χ2v) is 8.83. The van der Waals surface area contributed by atoms with Crippen LogP contribution in [0.25, 0.3) is 0 Å². The van der Waals surface area contributed by atoms with Crippen LogP contribution in [-0.4, -0.2) is 80.1 Å².